The molecule has 1 aromatic carbocycles. The number of ether oxygens (including phenoxy) is 1. The Balaban J connectivity index is 1.55. The van der Waals surface area contributed by atoms with Crippen LogP contribution < -0.4 is 4.74 Å². The molecule has 0 spiro atoms. The average molecular weight is 432 g/mol. The van der Waals surface area contributed by atoms with Crippen molar-refractivity contribution in [1.82, 2.24) is 25.0 Å². The molecule has 1 aliphatic rings. The van der Waals surface area contributed by atoms with Gasteiger partial charge in [-0.05, 0) is 31.0 Å². The van der Waals surface area contributed by atoms with Gasteiger partial charge in [0.15, 0.2) is 0 Å². The van der Waals surface area contributed by atoms with E-state index in [-0.39, 0.29) is 12.2 Å². The van der Waals surface area contributed by atoms with Crippen LogP contribution in [-0.4, -0.2) is 38.5 Å². The minimum Gasteiger partial charge on any atom is -0.480 e. The van der Waals surface area contributed by atoms with E-state index in [1.54, 1.807) is 35.3 Å². The number of halogens is 2. The molecule has 32 heavy (non-hydrogen) atoms. The molecule has 3 heterocycles. The van der Waals surface area contributed by atoms with Crippen molar-refractivity contribution in [3.63, 3.8) is 0 Å². The van der Waals surface area contributed by atoms with Crippen molar-refractivity contribution in [2.45, 2.75) is 25.8 Å². The smallest absolute Gasteiger partial charge is 0.245 e. The molecule has 5 rings (SSSR count). The molecular weight excluding hydrogens is 414 g/mol. The zero-order chi connectivity index (χ0) is 22.3. The normalized spacial score (nSPS) is 14.5. The summed E-state index contributed by atoms with van der Waals surface area (Å²) in [6, 6.07) is 12.9. The number of pyridine rings is 1. The van der Waals surface area contributed by atoms with Gasteiger partial charge in [-0.1, -0.05) is 12.1 Å². The predicted molar refractivity (Wildman–Crippen MR) is 113 cm³/mol. The lowest BCUT2D eigenvalue weighted by Crippen LogP contribution is -2.20. The van der Waals surface area contributed by atoms with E-state index in [9.17, 15) is 14.0 Å². The summed E-state index contributed by atoms with van der Waals surface area (Å²) < 4.78 is 33.4. The van der Waals surface area contributed by atoms with Gasteiger partial charge in [0.1, 0.15) is 11.8 Å². The summed E-state index contributed by atoms with van der Waals surface area (Å²) in [6.07, 6.45) is 2.04. The fourth-order valence-electron chi connectivity index (χ4n) is 3.76. The molecule has 7 nitrogen and oxygen atoms in total. The largest absolute Gasteiger partial charge is 0.480 e. The quantitative estimate of drug-likeness (QED) is 0.446. The van der Waals surface area contributed by atoms with Crippen molar-refractivity contribution >= 4 is 10.9 Å². The highest BCUT2D eigenvalue weighted by atomic mass is 19.3. The van der Waals surface area contributed by atoms with E-state index in [1.807, 2.05) is 18.2 Å². The molecule has 1 aliphatic carbocycles. The molecule has 3 aromatic heterocycles. The number of benzene rings is 1. The zero-order valence-electron chi connectivity index (χ0n) is 17.2. The van der Waals surface area contributed by atoms with Crippen LogP contribution in [0.1, 0.15) is 18.5 Å². The minimum absolute atomic E-state index is 0.178. The van der Waals surface area contributed by atoms with Crippen LogP contribution >= 0.6 is 0 Å². The van der Waals surface area contributed by atoms with Crippen LogP contribution in [0, 0.1) is 16.7 Å². The van der Waals surface area contributed by atoms with Gasteiger partial charge in [0.2, 0.25) is 12.3 Å². The van der Waals surface area contributed by atoms with Gasteiger partial charge in [-0.3, -0.25) is 4.68 Å². The van der Waals surface area contributed by atoms with Crippen molar-refractivity contribution in [3.05, 3.63) is 54.5 Å². The molecule has 0 aliphatic heterocycles. The van der Waals surface area contributed by atoms with Gasteiger partial charge in [0, 0.05) is 34.3 Å². The number of methoxy groups -OCH3 is 1. The topological polar surface area (TPSA) is 89.5 Å². The van der Waals surface area contributed by atoms with Crippen LogP contribution in [-0.2, 0) is 6.54 Å². The van der Waals surface area contributed by atoms with E-state index >= 15 is 0 Å². The molecule has 0 atom stereocenters. The second kappa shape index (κ2) is 7.64. The van der Waals surface area contributed by atoms with Crippen molar-refractivity contribution in [3.8, 4) is 34.3 Å². The maximum atomic E-state index is 13.3. The second-order valence-electron chi connectivity index (χ2n) is 7.95. The third kappa shape index (κ3) is 3.54. The minimum atomic E-state index is -2.36. The number of fused-ring (bicyclic) bond motifs is 1. The third-order valence-corrected chi connectivity index (χ3v) is 5.83. The molecule has 0 radical (unpaired) electrons. The first kappa shape index (κ1) is 20.0. The van der Waals surface area contributed by atoms with Gasteiger partial charge in [-0.2, -0.15) is 10.4 Å². The summed E-state index contributed by atoms with van der Waals surface area (Å²) in [5, 5.41) is 22.7. The first-order chi connectivity index (χ1) is 15.5. The first-order valence-electron chi connectivity index (χ1n) is 10.1. The van der Waals surface area contributed by atoms with Crippen LogP contribution in [0.2, 0.25) is 0 Å². The van der Waals surface area contributed by atoms with Gasteiger partial charge in [-0.15, -0.1) is 10.2 Å². The summed E-state index contributed by atoms with van der Waals surface area (Å²) in [4.78, 5) is 4.51. The Morgan fingerprint density at radius 1 is 1.16 bits per heavy atom. The van der Waals surface area contributed by atoms with Crippen LogP contribution in [0.4, 0.5) is 8.78 Å². The molecule has 0 saturated heterocycles. The second-order valence-corrected chi connectivity index (χ2v) is 7.95. The molecule has 1 fully saturated rings. The lowest BCUT2D eigenvalue weighted by molar-refractivity contribution is 0.0491. The Hall–Kier alpha value is -3.93. The van der Waals surface area contributed by atoms with Crippen LogP contribution in [0.5, 0.6) is 5.88 Å². The Morgan fingerprint density at radius 2 is 2.00 bits per heavy atom. The lowest BCUT2D eigenvalue weighted by atomic mass is 10.00. The monoisotopic (exact) mass is 432 g/mol. The van der Waals surface area contributed by atoms with Crippen molar-refractivity contribution in [1.29, 1.82) is 5.26 Å². The van der Waals surface area contributed by atoms with E-state index in [2.05, 4.69) is 26.3 Å². The van der Waals surface area contributed by atoms with Gasteiger partial charge in [0.25, 0.3) is 0 Å². The number of rotatable bonds is 6. The van der Waals surface area contributed by atoms with Crippen molar-refractivity contribution in [2.75, 3.05) is 7.11 Å². The van der Waals surface area contributed by atoms with Crippen LogP contribution in [0.25, 0.3) is 33.3 Å². The van der Waals surface area contributed by atoms with Crippen molar-refractivity contribution in [2.24, 2.45) is 5.41 Å². The molecule has 4 aromatic rings. The number of alkyl halides is 2. The maximum absolute atomic E-state index is 13.3. The highest BCUT2D eigenvalue weighted by Crippen LogP contribution is 2.52. The van der Waals surface area contributed by atoms with Gasteiger partial charge in [0.05, 0.1) is 36.5 Å². The summed E-state index contributed by atoms with van der Waals surface area (Å²) in [5.74, 6) is 0.417. The standard InChI is InChI=1S/C23H18F2N6O/c1-32-20-9-14-2-3-15(8-19(14)29-30-20)21-18(5-4-17(10-26)28-21)16-11-27-31(12-16)13-23(6-7-23)22(24)25/h2-5,8-9,11-12,22H,6-7,13H2,1H3. The Labute approximate surface area is 182 Å². The van der Waals surface area contributed by atoms with E-state index in [4.69, 9.17) is 4.74 Å². The highest BCUT2D eigenvalue weighted by Gasteiger charge is 2.51. The zero-order valence-corrected chi connectivity index (χ0v) is 17.2. The molecule has 1 saturated carbocycles. The van der Waals surface area contributed by atoms with Gasteiger partial charge >= 0.3 is 0 Å². The summed E-state index contributed by atoms with van der Waals surface area (Å²) in [6.45, 7) is 0.178. The number of nitrogens with zero attached hydrogens (tertiary/aromatic N) is 6. The predicted octanol–water partition coefficient (Wildman–Crippen LogP) is 4.48. The number of hydrogen-bond donors (Lipinski definition) is 0. The van der Waals surface area contributed by atoms with Crippen LogP contribution in [0.15, 0.2) is 48.8 Å². The van der Waals surface area contributed by atoms with Gasteiger partial charge < -0.3 is 4.74 Å². The lowest BCUT2D eigenvalue weighted by Gasteiger charge is -2.13. The first-order valence-corrected chi connectivity index (χ1v) is 10.1. The molecule has 160 valence electrons. The highest BCUT2D eigenvalue weighted by molar-refractivity contribution is 5.88. The van der Waals surface area contributed by atoms with E-state index in [0.717, 1.165) is 22.1 Å². The summed E-state index contributed by atoms with van der Waals surface area (Å²) >= 11 is 0. The third-order valence-electron chi connectivity index (χ3n) is 5.83. The number of aromatic nitrogens is 5. The number of hydrogen-bond acceptors (Lipinski definition) is 6. The molecular formula is C23H18F2N6O. The van der Waals surface area contributed by atoms with Crippen LogP contribution in [0.3, 0.4) is 0 Å². The average Bonchev–Trinajstić information content (AvgIpc) is 3.47. The summed E-state index contributed by atoms with van der Waals surface area (Å²) in [5.41, 5.74) is 2.78. The Bertz CT molecular complexity index is 1360. The molecule has 9 heteroatoms. The fraction of sp³-hybridized carbons (Fsp3) is 0.261. The molecule has 0 N–H and O–H groups in total. The SMILES string of the molecule is COc1cc2ccc(-c3nc(C#N)ccc3-c3cnn(CC4(C(F)F)CC4)c3)cc2nn1. The van der Waals surface area contributed by atoms with E-state index in [0.29, 0.717) is 29.9 Å². The van der Waals surface area contributed by atoms with E-state index in [1.165, 1.54) is 7.11 Å². The summed E-state index contributed by atoms with van der Waals surface area (Å²) in [7, 11) is 1.53. The van der Waals surface area contributed by atoms with E-state index < -0.39 is 11.8 Å². The maximum Gasteiger partial charge on any atom is 0.245 e. The Kier molecular flexibility index (Phi) is 4.78. The van der Waals surface area contributed by atoms with Crippen molar-refractivity contribution < 1.29 is 13.5 Å². The molecule has 0 bridgehead atoms. The fourth-order valence-corrected chi connectivity index (χ4v) is 3.76. The molecule has 0 amide bonds. The molecule has 0 unspecified atom stereocenters. The Morgan fingerprint density at radius 3 is 2.72 bits per heavy atom. The number of nitriles is 1. The van der Waals surface area contributed by atoms with Gasteiger partial charge in [-0.25, -0.2) is 13.8 Å².